The number of aryl methyl sites for hydroxylation is 2. The Kier molecular flexibility index (Phi) is 5.14. The second kappa shape index (κ2) is 7.11. The summed E-state index contributed by atoms with van der Waals surface area (Å²) in [5.41, 5.74) is 2.30. The zero-order chi connectivity index (χ0) is 16.3. The van der Waals surface area contributed by atoms with Crippen LogP contribution in [-0.4, -0.2) is 66.0 Å². The molecular weight excluding hydrogens is 292 g/mol. The first-order valence-electron chi connectivity index (χ1n) is 8.61. The van der Waals surface area contributed by atoms with Gasteiger partial charge >= 0.3 is 0 Å². The fourth-order valence-corrected chi connectivity index (χ4v) is 3.55. The van der Waals surface area contributed by atoms with E-state index in [-0.39, 0.29) is 5.54 Å². The molecule has 0 spiro atoms. The first kappa shape index (κ1) is 16.6. The average molecular weight is 320 g/mol. The van der Waals surface area contributed by atoms with E-state index in [1.807, 2.05) is 20.0 Å². The van der Waals surface area contributed by atoms with Crippen LogP contribution < -0.4 is 5.32 Å². The van der Waals surface area contributed by atoms with Gasteiger partial charge in [0.15, 0.2) is 0 Å². The van der Waals surface area contributed by atoms with Crippen molar-refractivity contribution < 1.29 is 9.47 Å². The number of aromatic nitrogens is 2. The lowest BCUT2D eigenvalue weighted by atomic mass is 9.72. The average Bonchev–Trinajstić information content (AvgIpc) is 2.53. The molecular formula is C17H28N4O2. The van der Waals surface area contributed by atoms with Crippen LogP contribution in [0.15, 0.2) is 6.20 Å². The molecule has 2 heterocycles. The van der Waals surface area contributed by atoms with Gasteiger partial charge in [0, 0.05) is 43.7 Å². The maximum absolute atomic E-state index is 5.79. The van der Waals surface area contributed by atoms with Crippen molar-refractivity contribution in [3.05, 3.63) is 17.5 Å². The van der Waals surface area contributed by atoms with Gasteiger partial charge in [0.1, 0.15) is 0 Å². The van der Waals surface area contributed by atoms with Gasteiger partial charge in [-0.1, -0.05) is 0 Å². The van der Waals surface area contributed by atoms with Crippen LogP contribution in [0.5, 0.6) is 0 Å². The number of nitrogens with zero attached hydrogens (tertiary/aromatic N) is 3. The number of hydrogen-bond donors (Lipinski definition) is 1. The van der Waals surface area contributed by atoms with Crippen molar-refractivity contribution in [1.82, 2.24) is 14.9 Å². The van der Waals surface area contributed by atoms with E-state index < -0.39 is 0 Å². The van der Waals surface area contributed by atoms with Crippen LogP contribution in [-0.2, 0) is 9.47 Å². The van der Waals surface area contributed by atoms with Gasteiger partial charge < -0.3 is 14.8 Å². The van der Waals surface area contributed by atoms with Gasteiger partial charge in [0.05, 0.1) is 19.3 Å². The van der Waals surface area contributed by atoms with Gasteiger partial charge in [0.2, 0.25) is 5.95 Å². The summed E-state index contributed by atoms with van der Waals surface area (Å²) in [7, 11) is 0. The predicted molar refractivity (Wildman–Crippen MR) is 89.8 cm³/mol. The molecule has 2 fully saturated rings. The Bertz CT molecular complexity index is 525. The zero-order valence-corrected chi connectivity index (χ0v) is 14.5. The maximum atomic E-state index is 5.79. The van der Waals surface area contributed by atoms with Crippen LogP contribution in [0.3, 0.4) is 0 Å². The molecule has 1 aliphatic carbocycles. The van der Waals surface area contributed by atoms with E-state index in [9.17, 15) is 0 Å². The molecule has 1 N–H and O–H groups in total. The Labute approximate surface area is 138 Å². The molecule has 1 aromatic rings. The first-order valence-corrected chi connectivity index (χ1v) is 8.61. The lowest BCUT2D eigenvalue weighted by molar-refractivity contribution is -0.121. The van der Waals surface area contributed by atoms with E-state index in [4.69, 9.17) is 9.47 Å². The second-order valence-corrected chi connectivity index (χ2v) is 6.62. The number of rotatable bonds is 6. The summed E-state index contributed by atoms with van der Waals surface area (Å²) < 4.78 is 11.3. The van der Waals surface area contributed by atoms with Crippen molar-refractivity contribution in [3.8, 4) is 0 Å². The molecule has 23 heavy (non-hydrogen) atoms. The first-order chi connectivity index (χ1) is 11.1. The Morgan fingerprint density at radius 3 is 2.74 bits per heavy atom. The Hall–Kier alpha value is -1.24. The van der Waals surface area contributed by atoms with Crippen LogP contribution in [0.1, 0.15) is 31.0 Å². The SMILES string of the molecule is CCOC1CC(CNc2ncc(C)c(C)n2)(N2CCOCC2)C1. The highest BCUT2D eigenvalue weighted by Crippen LogP contribution is 2.40. The molecule has 0 bridgehead atoms. The lowest BCUT2D eigenvalue weighted by Crippen LogP contribution is -2.65. The summed E-state index contributed by atoms with van der Waals surface area (Å²) in [5.74, 6) is 0.723. The molecule has 1 saturated carbocycles. The zero-order valence-electron chi connectivity index (χ0n) is 14.5. The van der Waals surface area contributed by atoms with Crippen molar-refractivity contribution in [2.75, 3.05) is 44.8 Å². The Balaban J connectivity index is 1.65. The summed E-state index contributed by atoms with van der Waals surface area (Å²) in [6, 6.07) is 0. The number of hydrogen-bond acceptors (Lipinski definition) is 6. The highest BCUT2D eigenvalue weighted by molar-refractivity contribution is 5.30. The van der Waals surface area contributed by atoms with Crippen molar-refractivity contribution in [2.24, 2.45) is 0 Å². The largest absolute Gasteiger partial charge is 0.379 e. The Morgan fingerprint density at radius 1 is 1.35 bits per heavy atom. The third-order valence-corrected chi connectivity index (χ3v) is 5.10. The smallest absolute Gasteiger partial charge is 0.222 e. The van der Waals surface area contributed by atoms with Gasteiger partial charge in [0.25, 0.3) is 0 Å². The number of ether oxygens (including phenoxy) is 2. The van der Waals surface area contributed by atoms with Crippen molar-refractivity contribution in [1.29, 1.82) is 0 Å². The van der Waals surface area contributed by atoms with E-state index >= 15 is 0 Å². The molecule has 2 aliphatic rings. The van der Waals surface area contributed by atoms with Gasteiger partial charge in [-0.3, -0.25) is 4.90 Å². The normalized spacial score (nSPS) is 28.4. The number of nitrogens with one attached hydrogen (secondary N) is 1. The van der Waals surface area contributed by atoms with E-state index in [1.165, 1.54) is 0 Å². The molecule has 3 rings (SSSR count). The summed E-state index contributed by atoms with van der Waals surface area (Å²) in [4.78, 5) is 11.5. The van der Waals surface area contributed by atoms with Crippen LogP contribution in [0, 0.1) is 13.8 Å². The molecule has 6 heteroatoms. The van der Waals surface area contributed by atoms with Crippen molar-refractivity contribution >= 4 is 5.95 Å². The molecule has 0 amide bonds. The summed E-state index contributed by atoms with van der Waals surface area (Å²) in [6.07, 6.45) is 4.40. The second-order valence-electron chi connectivity index (χ2n) is 6.62. The topological polar surface area (TPSA) is 59.5 Å². The third kappa shape index (κ3) is 3.65. The van der Waals surface area contributed by atoms with Crippen LogP contribution in [0.2, 0.25) is 0 Å². The van der Waals surface area contributed by atoms with Crippen molar-refractivity contribution in [2.45, 2.75) is 45.3 Å². The van der Waals surface area contributed by atoms with E-state index in [0.717, 1.165) is 69.5 Å². The molecule has 128 valence electrons. The van der Waals surface area contributed by atoms with Gasteiger partial charge in [-0.15, -0.1) is 0 Å². The molecule has 0 radical (unpaired) electrons. The molecule has 0 unspecified atom stereocenters. The fraction of sp³-hybridized carbons (Fsp3) is 0.765. The van der Waals surface area contributed by atoms with E-state index in [1.54, 1.807) is 0 Å². The minimum atomic E-state index is 0.145. The molecule has 0 atom stereocenters. The van der Waals surface area contributed by atoms with Crippen molar-refractivity contribution in [3.63, 3.8) is 0 Å². The molecule has 1 aliphatic heterocycles. The lowest BCUT2D eigenvalue weighted by Gasteiger charge is -2.55. The van der Waals surface area contributed by atoms with E-state index in [2.05, 4.69) is 27.1 Å². The van der Waals surface area contributed by atoms with Gasteiger partial charge in [-0.2, -0.15) is 0 Å². The van der Waals surface area contributed by atoms with Crippen LogP contribution >= 0.6 is 0 Å². The summed E-state index contributed by atoms with van der Waals surface area (Å²) in [5, 5.41) is 3.46. The molecule has 6 nitrogen and oxygen atoms in total. The molecule has 0 aromatic carbocycles. The van der Waals surface area contributed by atoms with Gasteiger partial charge in [-0.05, 0) is 39.2 Å². The number of anilines is 1. The van der Waals surface area contributed by atoms with E-state index in [0.29, 0.717) is 6.10 Å². The number of morpholine rings is 1. The summed E-state index contributed by atoms with van der Waals surface area (Å²) in [6.45, 7) is 11.4. The Morgan fingerprint density at radius 2 is 2.09 bits per heavy atom. The molecule has 1 saturated heterocycles. The third-order valence-electron chi connectivity index (χ3n) is 5.10. The monoisotopic (exact) mass is 320 g/mol. The molecule has 1 aromatic heterocycles. The van der Waals surface area contributed by atoms with Crippen LogP contribution in [0.4, 0.5) is 5.95 Å². The highest BCUT2D eigenvalue weighted by Gasteiger charge is 2.49. The fourth-order valence-electron chi connectivity index (χ4n) is 3.55. The predicted octanol–water partition coefficient (Wildman–Crippen LogP) is 1.78. The van der Waals surface area contributed by atoms with Gasteiger partial charge in [-0.25, -0.2) is 9.97 Å². The minimum Gasteiger partial charge on any atom is -0.379 e. The maximum Gasteiger partial charge on any atom is 0.222 e. The quantitative estimate of drug-likeness (QED) is 0.862. The minimum absolute atomic E-state index is 0.145. The highest BCUT2D eigenvalue weighted by atomic mass is 16.5. The van der Waals surface area contributed by atoms with Crippen LogP contribution in [0.25, 0.3) is 0 Å². The summed E-state index contributed by atoms with van der Waals surface area (Å²) >= 11 is 0. The standard InChI is InChI=1S/C17H28N4O2/c1-4-23-15-9-17(10-15,21-5-7-22-8-6-21)12-19-16-18-11-13(2)14(3)20-16/h11,15H,4-10,12H2,1-3H3,(H,18,19,20).